The van der Waals surface area contributed by atoms with Crippen LogP contribution in [0.5, 0.6) is 0 Å². The van der Waals surface area contributed by atoms with Crippen molar-refractivity contribution in [1.82, 2.24) is 20.7 Å². The van der Waals surface area contributed by atoms with E-state index >= 15 is 0 Å². The molecule has 182 valence electrons. The summed E-state index contributed by atoms with van der Waals surface area (Å²) in [5, 5.41) is 17.5. The number of halogens is 2. The van der Waals surface area contributed by atoms with Crippen molar-refractivity contribution in [2.24, 2.45) is 11.8 Å². The molecule has 0 aromatic heterocycles. The van der Waals surface area contributed by atoms with Crippen LogP contribution in [0.15, 0.2) is 18.2 Å². The first-order valence-electron chi connectivity index (χ1n) is 12.0. The Hall–Kier alpha value is -2.77. The third kappa shape index (κ3) is 4.12. The van der Waals surface area contributed by atoms with Crippen LogP contribution >= 0.6 is 0 Å². The number of fused-ring (bicyclic) bond motifs is 1. The summed E-state index contributed by atoms with van der Waals surface area (Å²) >= 11 is 0. The van der Waals surface area contributed by atoms with Gasteiger partial charge < -0.3 is 15.5 Å². The first kappa shape index (κ1) is 23.0. The van der Waals surface area contributed by atoms with Crippen LogP contribution < -0.4 is 16.1 Å². The van der Waals surface area contributed by atoms with Gasteiger partial charge in [-0.3, -0.25) is 9.59 Å². The lowest BCUT2D eigenvalue weighted by Gasteiger charge is -2.34. The number of nitrogens with zero attached hydrogens (tertiary/aromatic N) is 3. The van der Waals surface area contributed by atoms with Crippen molar-refractivity contribution in [2.45, 2.75) is 63.2 Å². The molecule has 1 aromatic rings. The Bertz CT molecular complexity index is 1020. The zero-order valence-corrected chi connectivity index (χ0v) is 19.2. The highest BCUT2D eigenvalue weighted by atomic mass is 19.3. The monoisotopic (exact) mass is 472 g/mol. The largest absolute Gasteiger partial charge is 0.368 e. The van der Waals surface area contributed by atoms with Crippen molar-refractivity contribution in [1.29, 1.82) is 5.26 Å². The fourth-order valence-corrected chi connectivity index (χ4v) is 5.98. The number of hydrogen-bond acceptors (Lipinski definition) is 6. The zero-order valence-electron chi connectivity index (χ0n) is 19.2. The molecule has 10 heteroatoms. The number of rotatable bonds is 4. The molecule has 2 amide bonds. The number of benzene rings is 1. The molecule has 8 nitrogen and oxygen atoms in total. The Kier molecular flexibility index (Phi) is 5.94. The molecule has 3 aliphatic heterocycles. The normalized spacial score (nSPS) is 32.8. The minimum absolute atomic E-state index is 0.0307. The molecule has 3 unspecified atom stereocenters. The Morgan fingerprint density at radius 3 is 2.71 bits per heavy atom. The Morgan fingerprint density at radius 1 is 1.24 bits per heavy atom. The number of carbonyl (C=O) groups is 2. The van der Waals surface area contributed by atoms with Crippen molar-refractivity contribution in [2.75, 3.05) is 25.0 Å². The maximum atomic E-state index is 14.2. The first-order chi connectivity index (χ1) is 16.3. The van der Waals surface area contributed by atoms with Gasteiger partial charge in [-0.2, -0.15) is 5.26 Å². The van der Waals surface area contributed by atoms with Crippen molar-refractivity contribution in [3.8, 4) is 6.07 Å². The van der Waals surface area contributed by atoms with Gasteiger partial charge in [-0.15, -0.1) is 0 Å². The van der Waals surface area contributed by atoms with Gasteiger partial charge >= 0.3 is 0 Å². The molecule has 4 aliphatic rings. The second-order valence-electron chi connectivity index (χ2n) is 9.93. The molecule has 0 bridgehead atoms. The summed E-state index contributed by atoms with van der Waals surface area (Å²) in [5.74, 6) is -4.29. The molecule has 3 N–H and O–H groups in total. The summed E-state index contributed by atoms with van der Waals surface area (Å²) in [6, 6.07) is 6.60. The van der Waals surface area contributed by atoms with Crippen LogP contribution in [0.25, 0.3) is 0 Å². The standard InChI is InChI=1S/C24H30F2N6O2/c1-14-10-16(4-5-17(14)23(34)31-8-2-3-9-31)29-21-20-18(6-7-28-22(20)33)32(30-21)19-12-24(25,26)11-15(19)13-27/h4-5,10,15,18-21,29-30H,2-3,6-9,11-12H2,1H3,(H,28,33)/t15-,18?,19-,20?,21?/m0/s1. The van der Waals surface area contributed by atoms with E-state index in [1.54, 1.807) is 11.1 Å². The second kappa shape index (κ2) is 8.78. The topological polar surface area (TPSA) is 100 Å². The van der Waals surface area contributed by atoms with E-state index in [9.17, 15) is 23.6 Å². The highest BCUT2D eigenvalue weighted by Crippen LogP contribution is 2.44. The van der Waals surface area contributed by atoms with E-state index in [4.69, 9.17) is 0 Å². The summed E-state index contributed by atoms with van der Waals surface area (Å²) in [7, 11) is 0. The lowest BCUT2D eigenvalue weighted by molar-refractivity contribution is -0.128. The molecule has 0 radical (unpaired) electrons. The highest BCUT2D eigenvalue weighted by Gasteiger charge is 2.56. The maximum Gasteiger partial charge on any atom is 0.254 e. The van der Waals surface area contributed by atoms with E-state index in [0.29, 0.717) is 18.5 Å². The van der Waals surface area contributed by atoms with Crippen LogP contribution in [-0.2, 0) is 4.79 Å². The van der Waals surface area contributed by atoms with E-state index in [0.717, 1.165) is 37.2 Å². The first-order valence-corrected chi connectivity index (χ1v) is 12.0. The van der Waals surface area contributed by atoms with Gasteiger partial charge in [-0.1, -0.05) is 0 Å². The van der Waals surface area contributed by atoms with E-state index < -0.39 is 42.8 Å². The number of hydrazine groups is 1. The van der Waals surface area contributed by atoms with Crippen molar-refractivity contribution >= 4 is 17.5 Å². The SMILES string of the molecule is Cc1cc(NC2NN([C@H]3CC(F)(F)C[C@H]3C#N)C3CCNC(=O)C23)ccc1C(=O)N1CCCC1. The fourth-order valence-electron chi connectivity index (χ4n) is 5.98. The lowest BCUT2D eigenvalue weighted by atomic mass is 9.90. The number of carbonyl (C=O) groups excluding carboxylic acids is 2. The number of piperidine rings is 1. The molecule has 1 aromatic carbocycles. The number of likely N-dealkylation sites (tertiary alicyclic amines) is 1. The lowest BCUT2D eigenvalue weighted by Crippen LogP contribution is -2.52. The third-order valence-electron chi connectivity index (χ3n) is 7.65. The molecule has 4 fully saturated rings. The molecule has 34 heavy (non-hydrogen) atoms. The second-order valence-corrected chi connectivity index (χ2v) is 9.93. The minimum atomic E-state index is -2.89. The van der Waals surface area contributed by atoms with Gasteiger partial charge in [-0.25, -0.2) is 19.2 Å². The number of anilines is 1. The van der Waals surface area contributed by atoms with Gasteiger partial charge in [0, 0.05) is 55.8 Å². The molecule has 3 saturated heterocycles. The average Bonchev–Trinajstić information content (AvgIpc) is 3.51. The molecule has 5 atom stereocenters. The Balaban J connectivity index is 1.36. The highest BCUT2D eigenvalue weighted by molar-refractivity contribution is 5.96. The predicted molar refractivity (Wildman–Crippen MR) is 121 cm³/mol. The van der Waals surface area contributed by atoms with Crippen molar-refractivity contribution in [3.63, 3.8) is 0 Å². The number of nitriles is 1. The summed E-state index contributed by atoms with van der Waals surface area (Å²) in [6.45, 7) is 3.92. The van der Waals surface area contributed by atoms with Crippen molar-refractivity contribution < 1.29 is 18.4 Å². The Labute approximate surface area is 197 Å². The van der Waals surface area contributed by atoms with Crippen LogP contribution in [0.1, 0.15) is 48.0 Å². The summed E-state index contributed by atoms with van der Waals surface area (Å²) in [5.41, 5.74) is 5.49. The van der Waals surface area contributed by atoms with Gasteiger partial charge in [-0.05, 0) is 49.9 Å². The number of nitrogens with one attached hydrogen (secondary N) is 3. The third-order valence-corrected chi connectivity index (χ3v) is 7.65. The number of alkyl halides is 2. The van der Waals surface area contributed by atoms with Crippen LogP contribution in [0.4, 0.5) is 14.5 Å². The Morgan fingerprint density at radius 2 is 2.00 bits per heavy atom. The van der Waals surface area contributed by atoms with Gasteiger partial charge in [0.2, 0.25) is 5.91 Å². The van der Waals surface area contributed by atoms with Crippen LogP contribution in [0.3, 0.4) is 0 Å². The molecule has 3 heterocycles. The average molecular weight is 473 g/mol. The van der Waals surface area contributed by atoms with Gasteiger partial charge in [0.05, 0.1) is 17.9 Å². The maximum absolute atomic E-state index is 14.2. The number of amides is 2. The van der Waals surface area contributed by atoms with Crippen LogP contribution in [-0.4, -0.2) is 65.5 Å². The number of hydrogen-bond donors (Lipinski definition) is 3. The molecule has 0 spiro atoms. The van der Waals surface area contributed by atoms with Gasteiger partial charge in [0.25, 0.3) is 11.8 Å². The van der Waals surface area contributed by atoms with E-state index in [1.807, 2.05) is 30.0 Å². The van der Waals surface area contributed by atoms with E-state index in [-0.39, 0.29) is 17.9 Å². The summed E-state index contributed by atoms with van der Waals surface area (Å²) in [6.07, 6.45) is 1.29. The van der Waals surface area contributed by atoms with E-state index in [2.05, 4.69) is 16.1 Å². The zero-order chi connectivity index (χ0) is 24.0. The van der Waals surface area contributed by atoms with Crippen molar-refractivity contribution in [3.05, 3.63) is 29.3 Å². The quantitative estimate of drug-likeness (QED) is 0.622. The molecular weight excluding hydrogens is 442 g/mol. The van der Waals surface area contributed by atoms with Crippen LogP contribution in [0, 0.1) is 30.1 Å². The molecule has 1 saturated carbocycles. The summed E-state index contributed by atoms with van der Waals surface area (Å²) in [4.78, 5) is 27.5. The fraction of sp³-hybridized carbons (Fsp3) is 0.625. The van der Waals surface area contributed by atoms with Gasteiger partial charge in [0.1, 0.15) is 6.17 Å². The van der Waals surface area contributed by atoms with Crippen LogP contribution in [0.2, 0.25) is 0 Å². The predicted octanol–water partition coefficient (Wildman–Crippen LogP) is 2.23. The molecular formula is C24H30F2N6O2. The van der Waals surface area contributed by atoms with E-state index in [1.165, 1.54) is 0 Å². The molecule has 1 aliphatic carbocycles. The molecule has 5 rings (SSSR count). The number of aryl methyl sites for hydroxylation is 1. The van der Waals surface area contributed by atoms with Gasteiger partial charge in [0.15, 0.2) is 0 Å². The smallest absolute Gasteiger partial charge is 0.254 e. The summed E-state index contributed by atoms with van der Waals surface area (Å²) < 4.78 is 28.3. The minimum Gasteiger partial charge on any atom is -0.368 e.